The fraction of sp³-hybridized carbons (Fsp3) is 0.312. The Balaban J connectivity index is 2.13. The molecular weight excluding hydrogens is 350 g/mol. The zero-order valence-corrected chi connectivity index (χ0v) is 14.6. The number of methoxy groups -OCH3 is 1. The standard InChI is InChI=1S/C16H19NO7S/c1-10(18)23-15-13(19)14(11-5-3-6-12(9-11)22-2)24-16(15)17-7-4-8-25(17,20)21/h3,5-6,9,19-21H,4,7-8H2,1-2H3. The minimum Gasteiger partial charge on any atom is -0.502 e. The first-order chi connectivity index (χ1) is 11.8. The molecule has 0 unspecified atom stereocenters. The molecule has 0 bridgehead atoms. The molecule has 0 amide bonds. The lowest BCUT2D eigenvalue weighted by molar-refractivity contribution is -0.132. The predicted octanol–water partition coefficient (Wildman–Crippen LogP) is 3.46. The normalized spacial score (nSPS) is 17.4. The Labute approximate surface area is 146 Å². The summed E-state index contributed by atoms with van der Waals surface area (Å²) in [6.07, 6.45) is 0.539. The maximum atomic E-state index is 11.4. The minimum absolute atomic E-state index is 0.0484. The van der Waals surface area contributed by atoms with Crippen molar-refractivity contribution < 1.29 is 32.9 Å². The Bertz CT molecular complexity index is 802. The molecule has 2 aromatic rings. The van der Waals surface area contributed by atoms with Gasteiger partial charge in [0, 0.05) is 19.0 Å². The minimum atomic E-state index is -3.08. The Morgan fingerprint density at radius 3 is 2.72 bits per heavy atom. The van der Waals surface area contributed by atoms with Crippen LogP contribution in [0.5, 0.6) is 17.2 Å². The van der Waals surface area contributed by atoms with Crippen molar-refractivity contribution in [2.24, 2.45) is 0 Å². The van der Waals surface area contributed by atoms with E-state index in [1.54, 1.807) is 24.3 Å². The third-order valence-electron chi connectivity index (χ3n) is 3.76. The highest BCUT2D eigenvalue weighted by atomic mass is 32.3. The lowest BCUT2D eigenvalue weighted by atomic mass is 10.1. The molecule has 0 atom stereocenters. The number of esters is 1. The topological polar surface area (TPSA) is 113 Å². The van der Waals surface area contributed by atoms with Gasteiger partial charge in [0.1, 0.15) is 5.75 Å². The Kier molecular flexibility index (Phi) is 4.55. The Morgan fingerprint density at radius 1 is 1.36 bits per heavy atom. The van der Waals surface area contributed by atoms with Crippen molar-refractivity contribution in [1.29, 1.82) is 0 Å². The molecular formula is C16H19NO7S. The van der Waals surface area contributed by atoms with Crippen LogP contribution in [-0.2, 0) is 4.79 Å². The molecule has 1 aliphatic rings. The van der Waals surface area contributed by atoms with E-state index < -0.39 is 16.7 Å². The second-order valence-corrected chi connectivity index (χ2v) is 7.65. The lowest BCUT2D eigenvalue weighted by Gasteiger charge is -2.36. The molecule has 1 fully saturated rings. The molecule has 25 heavy (non-hydrogen) atoms. The molecule has 1 saturated heterocycles. The monoisotopic (exact) mass is 369 g/mol. The summed E-state index contributed by atoms with van der Waals surface area (Å²) in [5.41, 5.74) is 0.493. The van der Waals surface area contributed by atoms with Crippen molar-refractivity contribution in [2.45, 2.75) is 13.3 Å². The van der Waals surface area contributed by atoms with E-state index in [1.807, 2.05) is 0 Å². The number of benzene rings is 1. The number of hydrogen-bond donors (Lipinski definition) is 3. The van der Waals surface area contributed by atoms with E-state index in [2.05, 4.69) is 0 Å². The van der Waals surface area contributed by atoms with Gasteiger partial charge in [-0.2, -0.15) is 0 Å². The van der Waals surface area contributed by atoms with Crippen molar-refractivity contribution in [3.05, 3.63) is 24.3 Å². The number of hydrogen-bond acceptors (Lipinski definition) is 8. The van der Waals surface area contributed by atoms with E-state index in [0.717, 1.165) is 0 Å². The van der Waals surface area contributed by atoms with Crippen molar-refractivity contribution in [3.63, 3.8) is 0 Å². The van der Waals surface area contributed by atoms with Crippen LogP contribution in [-0.4, -0.2) is 39.6 Å². The summed E-state index contributed by atoms with van der Waals surface area (Å²) in [5, 5.41) is 10.5. The molecule has 1 aromatic heterocycles. The average molecular weight is 369 g/mol. The fourth-order valence-electron chi connectivity index (χ4n) is 2.65. The van der Waals surface area contributed by atoms with E-state index in [1.165, 1.54) is 18.3 Å². The summed E-state index contributed by atoms with van der Waals surface area (Å²) in [5.74, 6) is -0.578. The SMILES string of the molecule is COc1cccc(-c2oc(N3CCCS3(O)O)c(OC(C)=O)c2O)c1. The highest BCUT2D eigenvalue weighted by Gasteiger charge is 2.37. The van der Waals surface area contributed by atoms with Gasteiger partial charge in [-0.25, -0.2) is 4.31 Å². The summed E-state index contributed by atoms with van der Waals surface area (Å²) in [7, 11) is -1.57. The largest absolute Gasteiger partial charge is 0.502 e. The van der Waals surface area contributed by atoms with Crippen LogP contribution in [0, 0.1) is 0 Å². The Hall–Kier alpha value is -2.36. The van der Waals surface area contributed by atoms with Crippen LogP contribution in [0.1, 0.15) is 13.3 Å². The van der Waals surface area contributed by atoms with Crippen LogP contribution in [0.25, 0.3) is 11.3 Å². The van der Waals surface area contributed by atoms with Gasteiger partial charge >= 0.3 is 5.97 Å². The van der Waals surface area contributed by atoms with Gasteiger partial charge in [-0.3, -0.25) is 13.9 Å². The van der Waals surface area contributed by atoms with E-state index in [0.29, 0.717) is 24.3 Å². The number of rotatable bonds is 4. The summed E-state index contributed by atoms with van der Waals surface area (Å²) in [4.78, 5) is 11.4. The molecule has 2 heterocycles. The molecule has 3 rings (SSSR count). The third-order valence-corrected chi connectivity index (χ3v) is 5.65. The first kappa shape index (κ1) is 17.5. The molecule has 0 radical (unpaired) electrons. The first-order valence-corrected chi connectivity index (χ1v) is 9.23. The van der Waals surface area contributed by atoms with E-state index in [-0.39, 0.29) is 28.9 Å². The molecule has 0 spiro atoms. The molecule has 1 aromatic carbocycles. The van der Waals surface area contributed by atoms with Crippen molar-refractivity contribution in [2.75, 3.05) is 23.7 Å². The number of furan rings is 1. The molecule has 9 heteroatoms. The van der Waals surface area contributed by atoms with E-state index >= 15 is 0 Å². The number of ether oxygens (including phenoxy) is 2. The van der Waals surface area contributed by atoms with Crippen LogP contribution < -0.4 is 13.8 Å². The molecule has 8 nitrogen and oxygen atoms in total. The van der Waals surface area contributed by atoms with Crippen LogP contribution in [0.2, 0.25) is 0 Å². The highest BCUT2D eigenvalue weighted by molar-refractivity contribution is 8.25. The van der Waals surface area contributed by atoms with E-state index in [9.17, 15) is 19.0 Å². The summed E-state index contributed by atoms with van der Waals surface area (Å²) in [6, 6.07) is 6.77. The number of aromatic hydroxyl groups is 1. The summed E-state index contributed by atoms with van der Waals surface area (Å²) in [6.45, 7) is 1.49. The van der Waals surface area contributed by atoms with Gasteiger partial charge in [0.2, 0.25) is 11.5 Å². The highest BCUT2D eigenvalue weighted by Crippen LogP contribution is 2.57. The molecule has 0 saturated carbocycles. The van der Waals surface area contributed by atoms with Crippen molar-refractivity contribution in [3.8, 4) is 28.6 Å². The van der Waals surface area contributed by atoms with Gasteiger partial charge in [-0.05, 0) is 18.6 Å². The number of nitrogens with zero attached hydrogens (tertiary/aromatic N) is 1. The zero-order chi connectivity index (χ0) is 18.2. The first-order valence-electron chi connectivity index (χ1n) is 7.55. The Morgan fingerprint density at radius 2 is 2.12 bits per heavy atom. The molecule has 0 aliphatic carbocycles. The summed E-state index contributed by atoms with van der Waals surface area (Å²) < 4.78 is 37.5. The van der Waals surface area contributed by atoms with Crippen molar-refractivity contribution >= 4 is 22.6 Å². The average Bonchev–Trinajstić information content (AvgIpc) is 3.07. The van der Waals surface area contributed by atoms with Gasteiger partial charge in [-0.1, -0.05) is 12.1 Å². The fourth-order valence-corrected chi connectivity index (χ4v) is 4.19. The van der Waals surface area contributed by atoms with Gasteiger partial charge in [0.15, 0.2) is 5.76 Å². The van der Waals surface area contributed by atoms with E-state index in [4.69, 9.17) is 13.9 Å². The molecule has 1 aliphatic heterocycles. The number of carbonyl (C=O) groups is 1. The lowest BCUT2D eigenvalue weighted by Crippen LogP contribution is -2.22. The second kappa shape index (κ2) is 6.51. The maximum absolute atomic E-state index is 11.4. The third kappa shape index (κ3) is 3.26. The van der Waals surface area contributed by atoms with Gasteiger partial charge in [0.25, 0.3) is 5.88 Å². The van der Waals surface area contributed by atoms with Gasteiger partial charge < -0.3 is 19.0 Å². The number of carbonyl (C=O) groups excluding carboxylic acids is 1. The summed E-state index contributed by atoms with van der Waals surface area (Å²) >= 11 is 0. The number of anilines is 1. The van der Waals surface area contributed by atoms with Crippen LogP contribution in [0.15, 0.2) is 28.7 Å². The van der Waals surface area contributed by atoms with Crippen molar-refractivity contribution in [1.82, 2.24) is 0 Å². The second-order valence-electron chi connectivity index (χ2n) is 5.53. The van der Waals surface area contributed by atoms with Crippen LogP contribution >= 0.6 is 10.8 Å². The zero-order valence-electron chi connectivity index (χ0n) is 13.8. The van der Waals surface area contributed by atoms with Crippen LogP contribution in [0.4, 0.5) is 5.88 Å². The smallest absolute Gasteiger partial charge is 0.308 e. The van der Waals surface area contributed by atoms with Gasteiger partial charge in [-0.15, -0.1) is 10.8 Å². The van der Waals surface area contributed by atoms with Gasteiger partial charge in [0.05, 0.1) is 12.9 Å². The maximum Gasteiger partial charge on any atom is 0.308 e. The predicted molar refractivity (Wildman–Crippen MR) is 93.3 cm³/mol. The molecule has 136 valence electrons. The quantitative estimate of drug-likeness (QED) is 0.702. The van der Waals surface area contributed by atoms with Crippen LogP contribution in [0.3, 0.4) is 0 Å². The molecule has 3 N–H and O–H groups in total.